The molecule has 0 spiro atoms. The molecule has 178 valence electrons. The Bertz CT molecular complexity index is 1170. The Morgan fingerprint density at radius 3 is 2.09 bits per heavy atom. The van der Waals surface area contributed by atoms with Crippen LogP contribution in [0.4, 0.5) is 17.6 Å². The number of hydrogen-bond acceptors (Lipinski definition) is 2. The largest absolute Gasteiger partial charge is 0.494 e. The van der Waals surface area contributed by atoms with Crippen LogP contribution in [0.25, 0.3) is 17.2 Å². The maximum atomic E-state index is 15.0. The number of methoxy groups -OCH3 is 1. The van der Waals surface area contributed by atoms with Crippen LogP contribution in [-0.4, -0.2) is 13.7 Å². The van der Waals surface area contributed by atoms with Crippen LogP contribution in [0, 0.1) is 29.2 Å². The molecule has 0 radical (unpaired) electrons. The Balaban J connectivity index is 1.39. The predicted octanol–water partition coefficient (Wildman–Crippen LogP) is 7.91. The minimum atomic E-state index is -1.08. The molecule has 0 aromatic heterocycles. The van der Waals surface area contributed by atoms with Crippen LogP contribution >= 0.6 is 0 Å². The van der Waals surface area contributed by atoms with Crippen LogP contribution in [0.3, 0.4) is 0 Å². The molecule has 1 saturated carbocycles. The molecule has 2 nitrogen and oxygen atoms in total. The first-order valence-electron chi connectivity index (χ1n) is 11.3. The van der Waals surface area contributed by atoms with Crippen LogP contribution in [-0.2, 0) is 0 Å². The molecule has 6 heteroatoms. The van der Waals surface area contributed by atoms with Crippen molar-refractivity contribution in [3.63, 3.8) is 0 Å². The highest BCUT2D eigenvalue weighted by Crippen LogP contribution is 2.39. The van der Waals surface area contributed by atoms with Crippen molar-refractivity contribution < 1.29 is 27.0 Å². The van der Waals surface area contributed by atoms with Crippen molar-refractivity contribution in [2.75, 3.05) is 13.7 Å². The van der Waals surface area contributed by atoms with E-state index in [0.717, 1.165) is 18.4 Å². The van der Waals surface area contributed by atoms with Gasteiger partial charge in [0.15, 0.2) is 23.1 Å². The molecular formula is C28H26F4O2. The van der Waals surface area contributed by atoms with Crippen LogP contribution < -0.4 is 9.47 Å². The number of rotatable bonds is 7. The molecule has 3 aromatic carbocycles. The van der Waals surface area contributed by atoms with Gasteiger partial charge >= 0.3 is 0 Å². The van der Waals surface area contributed by atoms with Gasteiger partial charge < -0.3 is 9.47 Å². The Hall–Kier alpha value is -3.28. The van der Waals surface area contributed by atoms with E-state index < -0.39 is 23.3 Å². The molecule has 0 unspecified atom stereocenters. The molecule has 3 aromatic rings. The Kier molecular flexibility index (Phi) is 7.25. The fourth-order valence-corrected chi connectivity index (χ4v) is 4.53. The number of hydrogen-bond donors (Lipinski definition) is 0. The van der Waals surface area contributed by atoms with Gasteiger partial charge in [-0.2, -0.15) is 8.78 Å². The van der Waals surface area contributed by atoms with E-state index in [9.17, 15) is 17.6 Å². The minimum absolute atomic E-state index is 0.0990. The second-order valence-electron chi connectivity index (χ2n) is 8.58. The lowest BCUT2D eigenvalue weighted by Crippen LogP contribution is -2.20. The summed E-state index contributed by atoms with van der Waals surface area (Å²) in [6.07, 6.45) is 4.46. The summed E-state index contributed by atoms with van der Waals surface area (Å²) in [5.74, 6) is -4.13. The van der Waals surface area contributed by atoms with E-state index in [4.69, 9.17) is 9.47 Å². The third-order valence-corrected chi connectivity index (χ3v) is 6.56. The summed E-state index contributed by atoms with van der Waals surface area (Å²) in [6.45, 7) is 3.92. The molecule has 0 heterocycles. The number of ether oxygens (including phenoxy) is 2. The zero-order chi connectivity index (χ0) is 24.2. The Morgan fingerprint density at radius 2 is 1.44 bits per heavy atom. The van der Waals surface area contributed by atoms with Gasteiger partial charge in [0.25, 0.3) is 0 Å². The van der Waals surface area contributed by atoms with Crippen molar-refractivity contribution in [3.8, 4) is 22.6 Å². The van der Waals surface area contributed by atoms with E-state index in [1.54, 1.807) is 30.3 Å². The Labute approximate surface area is 196 Å². The molecule has 0 N–H and O–H groups in total. The third kappa shape index (κ3) is 4.81. The van der Waals surface area contributed by atoms with Gasteiger partial charge in [0.2, 0.25) is 11.6 Å². The average Bonchev–Trinajstić information content (AvgIpc) is 2.87. The normalized spacial score (nSPS) is 17.9. The molecule has 34 heavy (non-hydrogen) atoms. The average molecular weight is 471 g/mol. The van der Waals surface area contributed by atoms with Crippen LogP contribution in [0.5, 0.6) is 11.5 Å². The molecule has 1 aliphatic carbocycles. The van der Waals surface area contributed by atoms with Crippen LogP contribution in [0.1, 0.15) is 42.7 Å². The first kappa shape index (κ1) is 23.9. The van der Waals surface area contributed by atoms with E-state index in [-0.39, 0.29) is 35.5 Å². The molecular weight excluding hydrogens is 444 g/mol. The van der Waals surface area contributed by atoms with Gasteiger partial charge in [-0.15, -0.1) is 0 Å². The SMILES string of the molecule is C=Cc1ccc(-c2ccc(C3CCC(COc4ccc(OC)c(F)c4F)CC3)c(F)c2F)cc1. The summed E-state index contributed by atoms with van der Waals surface area (Å²) in [4.78, 5) is 0. The molecule has 1 aliphatic rings. The summed E-state index contributed by atoms with van der Waals surface area (Å²) >= 11 is 0. The molecule has 0 amide bonds. The maximum absolute atomic E-state index is 15.0. The van der Waals surface area contributed by atoms with Gasteiger partial charge in [-0.1, -0.05) is 49.1 Å². The van der Waals surface area contributed by atoms with Gasteiger partial charge in [-0.25, -0.2) is 8.78 Å². The van der Waals surface area contributed by atoms with E-state index >= 15 is 0 Å². The van der Waals surface area contributed by atoms with Crippen molar-refractivity contribution >= 4 is 6.08 Å². The first-order valence-corrected chi connectivity index (χ1v) is 11.3. The molecule has 0 atom stereocenters. The lowest BCUT2D eigenvalue weighted by molar-refractivity contribution is 0.191. The topological polar surface area (TPSA) is 18.5 Å². The lowest BCUT2D eigenvalue weighted by Gasteiger charge is -2.29. The highest BCUT2D eigenvalue weighted by atomic mass is 19.2. The standard InChI is InChI=1S/C28H26F4O2/c1-3-17-4-8-19(9-5-17)21-12-13-22(26(30)25(21)29)20-10-6-18(7-11-20)16-34-24-15-14-23(33-2)27(31)28(24)32/h3-5,8-9,12-15,18,20H,1,6-7,10-11,16H2,2H3. The Morgan fingerprint density at radius 1 is 0.794 bits per heavy atom. The van der Waals surface area contributed by atoms with Gasteiger partial charge in [0.1, 0.15) is 0 Å². The van der Waals surface area contributed by atoms with Gasteiger partial charge in [0, 0.05) is 5.56 Å². The summed E-state index contributed by atoms with van der Waals surface area (Å²) in [6, 6.07) is 13.1. The summed E-state index contributed by atoms with van der Waals surface area (Å²) in [7, 11) is 1.26. The van der Waals surface area contributed by atoms with Crippen LogP contribution in [0.15, 0.2) is 55.1 Å². The van der Waals surface area contributed by atoms with Crippen molar-refractivity contribution in [1.29, 1.82) is 0 Å². The molecule has 1 fully saturated rings. The first-order chi connectivity index (χ1) is 16.4. The third-order valence-electron chi connectivity index (χ3n) is 6.56. The quantitative estimate of drug-likeness (QED) is 0.327. The van der Waals surface area contributed by atoms with E-state index in [1.807, 2.05) is 12.1 Å². The van der Waals surface area contributed by atoms with Crippen molar-refractivity contribution in [2.24, 2.45) is 5.92 Å². The summed E-state index contributed by atoms with van der Waals surface area (Å²) < 4.78 is 68.1. The van der Waals surface area contributed by atoms with Crippen molar-refractivity contribution in [3.05, 3.63) is 89.5 Å². The number of benzene rings is 3. The lowest BCUT2D eigenvalue weighted by atomic mass is 9.78. The molecule has 0 aliphatic heterocycles. The zero-order valence-electron chi connectivity index (χ0n) is 18.9. The highest BCUT2D eigenvalue weighted by Gasteiger charge is 2.27. The fraction of sp³-hybridized carbons (Fsp3) is 0.286. The molecule has 0 saturated heterocycles. The van der Waals surface area contributed by atoms with Crippen LogP contribution in [0.2, 0.25) is 0 Å². The van der Waals surface area contributed by atoms with Gasteiger partial charge in [0.05, 0.1) is 13.7 Å². The summed E-state index contributed by atoms with van der Waals surface area (Å²) in [5, 5.41) is 0. The number of halogens is 4. The second-order valence-corrected chi connectivity index (χ2v) is 8.58. The van der Waals surface area contributed by atoms with Crippen molar-refractivity contribution in [1.82, 2.24) is 0 Å². The minimum Gasteiger partial charge on any atom is -0.494 e. The van der Waals surface area contributed by atoms with E-state index in [2.05, 4.69) is 6.58 Å². The second kappa shape index (κ2) is 10.3. The van der Waals surface area contributed by atoms with Crippen molar-refractivity contribution in [2.45, 2.75) is 31.6 Å². The van der Waals surface area contributed by atoms with Gasteiger partial charge in [-0.3, -0.25) is 0 Å². The van der Waals surface area contributed by atoms with E-state index in [0.29, 0.717) is 24.0 Å². The highest BCUT2D eigenvalue weighted by molar-refractivity contribution is 5.66. The van der Waals surface area contributed by atoms with E-state index in [1.165, 1.54) is 19.2 Å². The monoisotopic (exact) mass is 470 g/mol. The van der Waals surface area contributed by atoms with Gasteiger partial charge in [-0.05, 0) is 66.3 Å². The zero-order valence-corrected chi connectivity index (χ0v) is 18.9. The molecule has 4 rings (SSSR count). The fourth-order valence-electron chi connectivity index (χ4n) is 4.53. The smallest absolute Gasteiger partial charge is 0.204 e. The molecule has 0 bridgehead atoms. The maximum Gasteiger partial charge on any atom is 0.204 e. The predicted molar refractivity (Wildman–Crippen MR) is 125 cm³/mol. The summed E-state index contributed by atoms with van der Waals surface area (Å²) in [5.41, 5.74) is 2.12.